The summed E-state index contributed by atoms with van der Waals surface area (Å²) in [5, 5.41) is 13.0. The molecule has 0 saturated carbocycles. The van der Waals surface area contributed by atoms with Crippen molar-refractivity contribution in [3.05, 3.63) is 51.5 Å². The van der Waals surface area contributed by atoms with E-state index in [1.54, 1.807) is 0 Å². The SMILES string of the molecule is Cc1nc(Cc2ccccc2)sc1C(=O)NC(C)C(C)CO. The zero-order valence-corrected chi connectivity index (χ0v) is 14.0. The summed E-state index contributed by atoms with van der Waals surface area (Å²) in [5.41, 5.74) is 1.95. The molecule has 0 spiro atoms. The summed E-state index contributed by atoms with van der Waals surface area (Å²) in [6, 6.07) is 10.0. The number of nitrogens with one attached hydrogen (secondary N) is 1. The lowest BCUT2D eigenvalue weighted by molar-refractivity contribution is 0.0919. The number of thiazole rings is 1. The Balaban J connectivity index is 2.07. The van der Waals surface area contributed by atoms with Gasteiger partial charge in [0, 0.05) is 19.1 Å². The van der Waals surface area contributed by atoms with E-state index in [4.69, 9.17) is 5.11 Å². The summed E-state index contributed by atoms with van der Waals surface area (Å²) in [4.78, 5) is 17.5. The summed E-state index contributed by atoms with van der Waals surface area (Å²) >= 11 is 1.44. The fourth-order valence-corrected chi connectivity index (χ4v) is 3.08. The highest BCUT2D eigenvalue weighted by atomic mass is 32.1. The minimum atomic E-state index is -0.109. The first-order chi connectivity index (χ1) is 10.5. The maximum atomic E-state index is 12.3. The summed E-state index contributed by atoms with van der Waals surface area (Å²) in [6.07, 6.45) is 0.738. The van der Waals surface area contributed by atoms with Crippen molar-refractivity contribution in [3.63, 3.8) is 0 Å². The molecule has 0 saturated heterocycles. The van der Waals surface area contributed by atoms with E-state index in [2.05, 4.69) is 22.4 Å². The van der Waals surface area contributed by atoms with Gasteiger partial charge in [-0.15, -0.1) is 11.3 Å². The molecule has 0 radical (unpaired) electrons. The number of nitrogens with zero attached hydrogens (tertiary/aromatic N) is 1. The number of aryl methyl sites for hydroxylation is 1. The van der Waals surface area contributed by atoms with E-state index in [0.717, 1.165) is 17.1 Å². The third-order valence-corrected chi connectivity index (χ3v) is 4.90. The predicted molar refractivity (Wildman–Crippen MR) is 89.3 cm³/mol. The fourth-order valence-electron chi connectivity index (χ4n) is 2.08. The first-order valence-corrected chi connectivity index (χ1v) is 8.25. The smallest absolute Gasteiger partial charge is 0.263 e. The van der Waals surface area contributed by atoms with Crippen molar-refractivity contribution in [3.8, 4) is 0 Å². The van der Waals surface area contributed by atoms with Crippen LogP contribution in [0.4, 0.5) is 0 Å². The van der Waals surface area contributed by atoms with Crippen molar-refractivity contribution in [2.24, 2.45) is 5.92 Å². The van der Waals surface area contributed by atoms with Crippen LogP contribution < -0.4 is 5.32 Å². The second-order valence-electron chi connectivity index (χ2n) is 5.61. The van der Waals surface area contributed by atoms with Gasteiger partial charge in [0.15, 0.2) is 0 Å². The van der Waals surface area contributed by atoms with E-state index in [0.29, 0.717) is 4.88 Å². The highest BCUT2D eigenvalue weighted by Gasteiger charge is 2.19. The average Bonchev–Trinajstić information content (AvgIpc) is 2.88. The van der Waals surface area contributed by atoms with Crippen LogP contribution in [0.2, 0.25) is 0 Å². The average molecular weight is 318 g/mol. The van der Waals surface area contributed by atoms with Gasteiger partial charge in [0.25, 0.3) is 5.91 Å². The van der Waals surface area contributed by atoms with Crippen LogP contribution >= 0.6 is 11.3 Å². The first kappa shape index (κ1) is 16.6. The highest BCUT2D eigenvalue weighted by molar-refractivity contribution is 7.13. The van der Waals surface area contributed by atoms with Crippen molar-refractivity contribution in [2.75, 3.05) is 6.61 Å². The first-order valence-electron chi connectivity index (χ1n) is 7.43. The minimum absolute atomic E-state index is 0.0287. The maximum Gasteiger partial charge on any atom is 0.263 e. The Morgan fingerprint density at radius 3 is 2.64 bits per heavy atom. The van der Waals surface area contributed by atoms with Crippen molar-refractivity contribution in [2.45, 2.75) is 33.2 Å². The van der Waals surface area contributed by atoms with Gasteiger partial charge in [-0.3, -0.25) is 4.79 Å². The molecule has 2 atom stereocenters. The van der Waals surface area contributed by atoms with E-state index in [1.807, 2.05) is 39.0 Å². The van der Waals surface area contributed by atoms with Crippen molar-refractivity contribution in [1.82, 2.24) is 10.3 Å². The number of amides is 1. The zero-order chi connectivity index (χ0) is 16.1. The van der Waals surface area contributed by atoms with Gasteiger partial charge in [-0.1, -0.05) is 37.3 Å². The molecule has 2 aromatic rings. The Hall–Kier alpha value is -1.72. The van der Waals surface area contributed by atoms with E-state index < -0.39 is 0 Å². The predicted octanol–water partition coefficient (Wildman–Crippen LogP) is 2.79. The van der Waals surface area contributed by atoms with Gasteiger partial charge in [-0.2, -0.15) is 0 Å². The molecule has 2 unspecified atom stereocenters. The Morgan fingerprint density at radius 2 is 2.00 bits per heavy atom. The number of hydrogen-bond donors (Lipinski definition) is 2. The number of aliphatic hydroxyl groups excluding tert-OH is 1. The molecule has 4 nitrogen and oxygen atoms in total. The van der Waals surface area contributed by atoms with Crippen LogP contribution in [0.3, 0.4) is 0 Å². The molecule has 0 bridgehead atoms. The zero-order valence-electron chi connectivity index (χ0n) is 13.2. The van der Waals surface area contributed by atoms with Crippen LogP contribution in [0.1, 0.15) is 39.8 Å². The van der Waals surface area contributed by atoms with Crippen LogP contribution in [0.15, 0.2) is 30.3 Å². The Morgan fingerprint density at radius 1 is 1.32 bits per heavy atom. The molecule has 0 aliphatic carbocycles. The number of aliphatic hydroxyl groups is 1. The number of hydrogen-bond acceptors (Lipinski definition) is 4. The van der Waals surface area contributed by atoms with Gasteiger partial charge in [0.1, 0.15) is 4.88 Å². The lowest BCUT2D eigenvalue weighted by Gasteiger charge is -2.18. The van der Waals surface area contributed by atoms with Crippen molar-refractivity contribution >= 4 is 17.2 Å². The molecule has 118 valence electrons. The molecule has 2 N–H and O–H groups in total. The molecule has 1 aromatic carbocycles. The lowest BCUT2D eigenvalue weighted by Crippen LogP contribution is -2.38. The van der Waals surface area contributed by atoms with Crippen LogP contribution in [0.5, 0.6) is 0 Å². The van der Waals surface area contributed by atoms with Crippen LogP contribution in [0, 0.1) is 12.8 Å². The molecule has 5 heteroatoms. The van der Waals surface area contributed by atoms with Gasteiger partial charge in [-0.25, -0.2) is 4.98 Å². The molecule has 1 heterocycles. The normalized spacial score (nSPS) is 13.6. The molecule has 0 aliphatic rings. The van der Waals surface area contributed by atoms with Gasteiger partial charge in [0.05, 0.1) is 10.7 Å². The number of aromatic nitrogens is 1. The van der Waals surface area contributed by atoms with E-state index in [-0.39, 0.29) is 24.5 Å². The third kappa shape index (κ3) is 4.15. The number of rotatable bonds is 6. The van der Waals surface area contributed by atoms with E-state index >= 15 is 0 Å². The highest BCUT2D eigenvalue weighted by Crippen LogP contribution is 2.21. The molecule has 1 aromatic heterocycles. The second-order valence-corrected chi connectivity index (χ2v) is 6.69. The molecule has 1 amide bonds. The van der Waals surface area contributed by atoms with Crippen LogP contribution in [0.25, 0.3) is 0 Å². The summed E-state index contributed by atoms with van der Waals surface area (Å²) in [6.45, 7) is 5.73. The van der Waals surface area contributed by atoms with E-state index in [1.165, 1.54) is 16.9 Å². The van der Waals surface area contributed by atoms with Crippen LogP contribution in [-0.4, -0.2) is 28.6 Å². The number of carbonyl (C=O) groups is 1. The number of benzene rings is 1. The fraction of sp³-hybridized carbons (Fsp3) is 0.412. The minimum Gasteiger partial charge on any atom is -0.396 e. The lowest BCUT2D eigenvalue weighted by atomic mass is 10.1. The Bertz CT molecular complexity index is 625. The summed E-state index contributed by atoms with van der Waals surface area (Å²) in [5.74, 6) is -0.0805. The second kappa shape index (κ2) is 7.51. The monoisotopic (exact) mass is 318 g/mol. The number of carbonyl (C=O) groups excluding carboxylic acids is 1. The van der Waals surface area contributed by atoms with Gasteiger partial charge < -0.3 is 10.4 Å². The Kier molecular flexibility index (Phi) is 5.69. The topological polar surface area (TPSA) is 62.2 Å². The molecule has 0 aliphatic heterocycles. The van der Waals surface area contributed by atoms with E-state index in [9.17, 15) is 4.79 Å². The van der Waals surface area contributed by atoms with Gasteiger partial charge in [-0.05, 0) is 25.3 Å². The standard InChI is InChI=1S/C17H22N2O2S/c1-11(10-20)12(2)19-17(21)16-13(3)18-15(22-16)9-14-7-5-4-6-8-14/h4-8,11-12,20H,9-10H2,1-3H3,(H,19,21). The molecular formula is C17H22N2O2S. The summed E-state index contributed by atoms with van der Waals surface area (Å²) in [7, 11) is 0. The molecule has 0 fully saturated rings. The third-order valence-electron chi connectivity index (χ3n) is 3.75. The maximum absolute atomic E-state index is 12.3. The largest absolute Gasteiger partial charge is 0.396 e. The molecule has 2 rings (SSSR count). The Labute approximate surface area is 135 Å². The van der Waals surface area contributed by atoms with Crippen molar-refractivity contribution in [1.29, 1.82) is 0 Å². The van der Waals surface area contributed by atoms with Gasteiger partial charge >= 0.3 is 0 Å². The van der Waals surface area contributed by atoms with Gasteiger partial charge in [0.2, 0.25) is 0 Å². The molecule has 22 heavy (non-hydrogen) atoms. The molecular weight excluding hydrogens is 296 g/mol. The van der Waals surface area contributed by atoms with Crippen molar-refractivity contribution < 1.29 is 9.90 Å². The quantitative estimate of drug-likeness (QED) is 0.861. The van der Waals surface area contributed by atoms with Crippen LogP contribution in [-0.2, 0) is 6.42 Å². The summed E-state index contributed by atoms with van der Waals surface area (Å²) < 4.78 is 0.